The van der Waals surface area contributed by atoms with Crippen molar-refractivity contribution in [2.75, 3.05) is 0 Å². The molecule has 0 aliphatic rings. The predicted molar refractivity (Wildman–Crippen MR) is 38.0 cm³/mol. The van der Waals surface area contributed by atoms with Crippen LogP contribution in [-0.2, 0) is 11.6 Å². The summed E-state index contributed by atoms with van der Waals surface area (Å²) in [6.07, 6.45) is -4.56. The molecule has 1 rings (SSSR count). The molecule has 74 valence electrons. The van der Waals surface area contributed by atoms with Gasteiger partial charge in [0.15, 0.2) is 0 Å². The third-order valence-electron chi connectivity index (χ3n) is 1.31. The molecule has 6 heteroatoms. The largest absolute Gasteiger partial charge is 0.470 e. The first kappa shape index (κ1) is 10.0. The molecule has 1 aromatic rings. The van der Waals surface area contributed by atoms with Crippen molar-refractivity contribution in [2.24, 2.45) is 0 Å². The van der Waals surface area contributed by atoms with Crippen molar-refractivity contribution < 1.29 is 17.6 Å². The molecular weight excluding hydrogens is 185 g/mol. The Bertz CT molecular complexity index is 269. The van der Waals surface area contributed by atoms with E-state index in [0.29, 0.717) is 0 Å². The van der Waals surface area contributed by atoms with Crippen molar-refractivity contribution in [2.45, 2.75) is 32.4 Å². The molecule has 0 atom stereocenters. The van der Waals surface area contributed by atoms with Crippen molar-refractivity contribution in [3.8, 4) is 0 Å². The third-order valence-corrected chi connectivity index (χ3v) is 1.31. The Kier molecular flexibility index (Phi) is 2.09. The Morgan fingerprint density at radius 2 is 1.46 bits per heavy atom. The van der Waals surface area contributed by atoms with E-state index in [1.807, 2.05) is 0 Å². The van der Waals surface area contributed by atoms with Gasteiger partial charge in [-0.2, -0.15) is 13.2 Å². The number of nitrogens with zero attached hydrogens (tertiary/aromatic N) is 2. The van der Waals surface area contributed by atoms with Gasteiger partial charge in [0.2, 0.25) is 5.89 Å². The average Bonchev–Trinajstić information content (AvgIpc) is 2.28. The Morgan fingerprint density at radius 1 is 1.00 bits per heavy atom. The number of rotatable bonds is 0. The van der Waals surface area contributed by atoms with Gasteiger partial charge in [0, 0.05) is 5.41 Å². The quantitative estimate of drug-likeness (QED) is 0.636. The van der Waals surface area contributed by atoms with E-state index in [4.69, 9.17) is 0 Å². The van der Waals surface area contributed by atoms with Crippen LogP contribution in [0.25, 0.3) is 0 Å². The fourth-order valence-electron chi connectivity index (χ4n) is 0.641. The van der Waals surface area contributed by atoms with E-state index in [1.54, 1.807) is 20.8 Å². The van der Waals surface area contributed by atoms with Gasteiger partial charge >= 0.3 is 12.1 Å². The van der Waals surface area contributed by atoms with E-state index in [1.165, 1.54) is 0 Å². The maximum atomic E-state index is 12.0. The Morgan fingerprint density at radius 3 is 1.69 bits per heavy atom. The zero-order valence-electron chi connectivity index (χ0n) is 7.44. The second-order valence-electron chi connectivity index (χ2n) is 3.66. The van der Waals surface area contributed by atoms with E-state index < -0.39 is 17.5 Å². The highest BCUT2D eigenvalue weighted by atomic mass is 19.4. The molecule has 0 saturated carbocycles. The highest BCUT2D eigenvalue weighted by Gasteiger charge is 2.39. The highest BCUT2D eigenvalue weighted by Crippen LogP contribution is 2.30. The Hall–Kier alpha value is -1.07. The Balaban J connectivity index is 3.01. The van der Waals surface area contributed by atoms with Crippen LogP contribution in [0.15, 0.2) is 4.42 Å². The van der Waals surface area contributed by atoms with Crippen LogP contribution in [0.3, 0.4) is 0 Å². The summed E-state index contributed by atoms with van der Waals surface area (Å²) >= 11 is 0. The second kappa shape index (κ2) is 2.71. The highest BCUT2D eigenvalue weighted by molar-refractivity contribution is 4.97. The van der Waals surface area contributed by atoms with Gasteiger partial charge < -0.3 is 4.42 Å². The van der Waals surface area contributed by atoms with Crippen LogP contribution in [0.5, 0.6) is 0 Å². The zero-order valence-corrected chi connectivity index (χ0v) is 7.44. The molecule has 0 aliphatic carbocycles. The molecule has 1 aromatic heterocycles. The van der Waals surface area contributed by atoms with Gasteiger partial charge in [0.25, 0.3) is 0 Å². The summed E-state index contributed by atoms with van der Waals surface area (Å²) in [5.41, 5.74) is -0.559. The summed E-state index contributed by atoms with van der Waals surface area (Å²) in [5, 5.41) is 6.23. The monoisotopic (exact) mass is 194 g/mol. The third kappa shape index (κ3) is 2.19. The van der Waals surface area contributed by atoms with Crippen molar-refractivity contribution in [1.82, 2.24) is 10.2 Å². The lowest BCUT2D eigenvalue weighted by Crippen LogP contribution is -2.11. The van der Waals surface area contributed by atoms with Crippen molar-refractivity contribution >= 4 is 0 Å². The molecule has 0 amide bonds. The van der Waals surface area contributed by atoms with Crippen molar-refractivity contribution in [3.63, 3.8) is 0 Å². The maximum absolute atomic E-state index is 12.0. The minimum absolute atomic E-state index is 0.0141. The van der Waals surface area contributed by atoms with Crippen LogP contribution in [0.2, 0.25) is 0 Å². The lowest BCUT2D eigenvalue weighted by Gasteiger charge is -2.11. The molecule has 0 N–H and O–H groups in total. The molecule has 0 saturated heterocycles. The van der Waals surface area contributed by atoms with E-state index in [0.717, 1.165) is 0 Å². The maximum Gasteiger partial charge on any atom is 0.470 e. The van der Waals surface area contributed by atoms with Gasteiger partial charge in [-0.15, -0.1) is 10.2 Å². The second-order valence-corrected chi connectivity index (χ2v) is 3.66. The first-order valence-electron chi connectivity index (χ1n) is 3.62. The number of aromatic nitrogens is 2. The van der Waals surface area contributed by atoms with E-state index in [-0.39, 0.29) is 5.89 Å². The molecule has 0 aromatic carbocycles. The van der Waals surface area contributed by atoms with Gasteiger partial charge in [-0.1, -0.05) is 20.8 Å². The van der Waals surface area contributed by atoms with Crippen LogP contribution < -0.4 is 0 Å². The fourth-order valence-corrected chi connectivity index (χ4v) is 0.641. The van der Waals surface area contributed by atoms with Crippen LogP contribution in [0.1, 0.15) is 32.6 Å². The minimum Gasteiger partial charge on any atom is -0.417 e. The Labute approximate surface area is 73.0 Å². The normalized spacial score (nSPS) is 13.4. The number of hydrogen-bond acceptors (Lipinski definition) is 3. The lowest BCUT2D eigenvalue weighted by molar-refractivity contribution is -0.157. The van der Waals surface area contributed by atoms with Crippen LogP contribution in [0.4, 0.5) is 13.2 Å². The summed E-state index contributed by atoms with van der Waals surface area (Å²) in [4.78, 5) is 0. The molecule has 0 fully saturated rings. The fraction of sp³-hybridized carbons (Fsp3) is 0.714. The molecule has 0 unspecified atom stereocenters. The molecule has 0 radical (unpaired) electrons. The number of hydrogen-bond donors (Lipinski definition) is 0. The lowest BCUT2D eigenvalue weighted by atomic mass is 9.97. The topological polar surface area (TPSA) is 38.9 Å². The van der Waals surface area contributed by atoms with Crippen LogP contribution >= 0.6 is 0 Å². The summed E-state index contributed by atoms with van der Waals surface area (Å²) in [6, 6.07) is 0. The number of alkyl halides is 3. The van der Waals surface area contributed by atoms with E-state index >= 15 is 0 Å². The van der Waals surface area contributed by atoms with Gasteiger partial charge in [-0.05, 0) is 0 Å². The van der Waals surface area contributed by atoms with E-state index in [2.05, 4.69) is 14.6 Å². The number of halogens is 3. The van der Waals surface area contributed by atoms with Gasteiger partial charge in [0.05, 0.1) is 0 Å². The van der Waals surface area contributed by atoms with Crippen LogP contribution in [0, 0.1) is 0 Å². The summed E-state index contributed by atoms with van der Waals surface area (Å²) in [5.74, 6) is -1.31. The van der Waals surface area contributed by atoms with Gasteiger partial charge in [-0.25, -0.2) is 0 Å². The van der Waals surface area contributed by atoms with E-state index in [9.17, 15) is 13.2 Å². The molecule has 0 aliphatic heterocycles. The SMILES string of the molecule is CC(C)(C)c1nnc(C(F)(F)F)o1. The molecule has 1 heterocycles. The van der Waals surface area contributed by atoms with Gasteiger partial charge in [-0.3, -0.25) is 0 Å². The molecule has 0 bridgehead atoms. The van der Waals surface area contributed by atoms with Crippen molar-refractivity contribution in [1.29, 1.82) is 0 Å². The molecular formula is C7H9F3N2O. The van der Waals surface area contributed by atoms with Crippen LogP contribution in [-0.4, -0.2) is 10.2 Å². The zero-order chi connectivity index (χ0) is 10.3. The minimum atomic E-state index is -4.56. The first-order valence-corrected chi connectivity index (χ1v) is 3.62. The van der Waals surface area contributed by atoms with Crippen molar-refractivity contribution in [3.05, 3.63) is 11.8 Å². The predicted octanol–water partition coefficient (Wildman–Crippen LogP) is 2.39. The average molecular weight is 194 g/mol. The molecule has 13 heavy (non-hydrogen) atoms. The summed E-state index contributed by atoms with van der Waals surface area (Å²) < 4.78 is 40.4. The standard InChI is InChI=1S/C7H9F3N2O/c1-6(2,3)4-11-12-5(13-4)7(8,9)10/h1-3H3. The first-order chi connectivity index (χ1) is 5.71. The molecule has 3 nitrogen and oxygen atoms in total. The smallest absolute Gasteiger partial charge is 0.417 e. The summed E-state index contributed by atoms with van der Waals surface area (Å²) in [6.45, 7) is 5.09. The molecule has 0 spiro atoms. The van der Waals surface area contributed by atoms with Gasteiger partial charge in [0.1, 0.15) is 0 Å². The summed E-state index contributed by atoms with van der Waals surface area (Å²) in [7, 11) is 0.